The first-order valence-corrected chi connectivity index (χ1v) is 7.91. The van der Waals surface area contributed by atoms with Crippen LogP contribution in [0.1, 0.15) is 5.56 Å². The van der Waals surface area contributed by atoms with Crippen molar-refractivity contribution in [2.24, 2.45) is 0 Å². The molecule has 0 saturated heterocycles. The van der Waals surface area contributed by atoms with Gasteiger partial charge < -0.3 is 0 Å². The Morgan fingerprint density at radius 1 is 1.00 bits per heavy atom. The third-order valence-electron chi connectivity index (χ3n) is 2.43. The minimum Gasteiger partial charge on any atom is -0.249 e. The first kappa shape index (κ1) is 12.4. The quantitative estimate of drug-likeness (QED) is 0.835. The number of rotatable bonds is 4. The van der Waals surface area contributed by atoms with Gasteiger partial charge in [-0.25, -0.2) is 4.21 Å². The number of hydrogen-bond donors (Lipinski definition) is 0. The van der Waals surface area contributed by atoms with Gasteiger partial charge in [-0.15, -0.1) is 0 Å². The third-order valence-corrected chi connectivity index (χ3v) is 4.53. The van der Waals surface area contributed by atoms with E-state index in [9.17, 15) is 4.21 Å². The van der Waals surface area contributed by atoms with Crippen LogP contribution in [0.5, 0.6) is 0 Å². The number of thioether (sulfide) groups is 1. The van der Waals surface area contributed by atoms with Crippen molar-refractivity contribution in [2.75, 3.05) is 6.26 Å². The van der Waals surface area contributed by atoms with Gasteiger partial charge in [0.15, 0.2) is 0 Å². The largest absolute Gasteiger partial charge is 0.249 e. The van der Waals surface area contributed by atoms with Crippen LogP contribution in [-0.4, -0.2) is 10.5 Å². The van der Waals surface area contributed by atoms with E-state index >= 15 is 0 Å². The van der Waals surface area contributed by atoms with Gasteiger partial charge in [-0.1, -0.05) is 36.4 Å². The van der Waals surface area contributed by atoms with Gasteiger partial charge in [0.05, 0.1) is 10.8 Å². The van der Waals surface area contributed by atoms with Crippen LogP contribution in [0.25, 0.3) is 0 Å². The van der Waals surface area contributed by atoms with E-state index in [4.69, 9.17) is 0 Å². The molecule has 0 aromatic heterocycles. The Bertz CT molecular complexity index is 509. The fourth-order valence-electron chi connectivity index (χ4n) is 1.63. The lowest BCUT2D eigenvalue weighted by Crippen LogP contribution is -1.97. The van der Waals surface area contributed by atoms with E-state index in [0.29, 0.717) is 0 Å². The average molecular weight is 262 g/mol. The van der Waals surface area contributed by atoms with Gasteiger partial charge in [0, 0.05) is 15.5 Å². The van der Waals surface area contributed by atoms with E-state index < -0.39 is 10.8 Å². The van der Waals surface area contributed by atoms with Crippen molar-refractivity contribution in [3.8, 4) is 0 Å². The summed E-state index contributed by atoms with van der Waals surface area (Å²) in [5.74, 6) is 0.898. The van der Waals surface area contributed by atoms with Crippen molar-refractivity contribution in [1.82, 2.24) is 0 Å². The van der Waals surface area contributed by atoms with Crippen molar-refractivity contribution in [3.63, 3.8) is 0 Å². The van der Waals surface area contributed by atoms with Crippen LogP contribution < -0.4 is 0 Å². The van der Waals surface area contributed by atoms with Gasteiger partial charge in [0.25, 0.3) is 0 Å². The summed E-state index contributed by atoms with van der Waals surface area (Å²) in [7, 11) is -1.07. The van der Waals surface area contributed by atoms with Crippen molar-refractivity contribution in [2.45, 2.75) is 15.5 Å². The molecule has 2 aromatic rings. The molecule has 0 aliphatic rings. The highest BCUT2D eigenvalue weighted by Crippen LogP contribution is 2.22. The minimum atomic E-state index is -1.07. The van der Waals surface area contributed by atoms with Crippen molar-refractivity contribution in [3.05, 3.63) is 60.2 Å². The molecule has 1 nitrogen and oxygen atoms in total. The standard InChI is InChI=1S/C14H14OS2/c1-16-11-12-7-5-6-10-14(12)17(15)13-8-3-2-4-9-13/h2-10H,11H2,1H3. The second-order valence-corrected chi connectivity index (χ2v) is 5.94. The molecule has 0 aliphatic carbocycles. The maximum Gasteiger partial charge on any atom is 0.0852 e. The second-order valence-electron chi connectivity index (χ2n) is 3.62. The highest BCUT2D eigenvalue weighted by molar-refractivity contribution is 7.97. The lowest BCUT2D eigenvalue weighted by atomic mass is 10.2. The molecule has 0 aliphatic heterocycles. The molecule has 0 radical (unpaired) electrons. The Balaban J connectivity index is 2.37. The van der Waals surface area contributed by atoms with Crippen LogP contribution in [0.2, 0.25) is 0 Å². The second kappa shape index (κ2) is 6.03. The van der Waals surface area contributed by atoms with Crippen LogP contribution in [-0.2, 0) is 16.6 Å². The maximum absolute atomic E-state index is 12.4. The summed E-state index contributed by atoms with van der Waals surface area (Å²) >= 11 is 1.75. The van der Waals surface area contributed by atoms with Crippen LogP contribution in [0.3, 0.4) is 0 Å². The Hall–Kier alpha value is -1.06. The molecule has 0 fully saturated rings. The van der Waals surface area contributed by atoms with E-state index in [-0.39, 0.29) is 0 Å². The summed E-state index contributed by atoms with van der Waals surface area (Å²) in [6, 6.07) is 17.5. The SMILES string of the molecule is CSCc1ccccc1S(=O)c1ccccc1. The summed E-state index contributed by atoms with van der Waals surface area (Å²) < 4.78 is 12.4. The lowest BCUT2D eigenvalue weighted by Gasteiger charge is -2.08. The van der Waals surface area contributed by atoms with Crippen molar-refractivity contribution < 1.29 is 4.21 Å². The molecule has 0 saturated carbocycles. The number of hydrogen-bond acceptors (Lipinski definition) is 2. The van der Waals surface area contributed by atoms with Gasteiger partial charge in [-0.05, 0) is 30.0 Å². The van der Waals surface area contributed by atoms with Gasteiger partial charge in [0.1, 0.15) is 0 Å². The predicted octanol–water partition coefficient (Wildman–Crippen LogP) is 3.72. The first-order chi connectivity index (χ1) is 8.33. The Morgan fingerprint density at radius 2 is 1.65 bits per heavy atom. The van der Waals surface area contributed by atoms with E-state index in [2.05, 4.69) is 6.26 Å². The highest BCUT2D eigenvalue weighted by atomic mass is 32.2. The van der Waals surface area contributed by atoms with E-state index in [1.54, 1.807) is 11.8 Å². The average Bonchev–Trinajstić information content (AvgIpc) is 2.40. The molecule has 17 heavy (non-hydrogen) atoms. The molecule has 0 amide bonds. The fraction of sp³-hybridized carbons (Fsp3) is 0.143. The normalized spacial score (nSPS) is 12.3. The summed E-state index contributed by atoms with van der Waals surface area (Å²) in [5.41, 5.74) is 1.15. The topological polar surface area (TPSA) is 17.1 Å². The molecule has 0 N–H and O–H groups in total. The molecule has 0 spiro atoms. The van der Waals surface area contributed by atoms with Crippen LogP contribution in [0.4, 0.5) is 0 Å². The monoisotopic (exact) mass is 262 g/mol. The summed E-state index contributed by atoms with van der Waals surface area (Å²) in [6.45, 7) is 0. The van der Waals surface area contributed by atoms with E-state index in [1.165, 1.54) is 0 Å². The summed E-state index contributed by atoms with van der Waals surface area (Å²) in [6.07, 6.45) is 2.06. The molecule has 0 heterocycles. The fourth-order valence-corrected chi connectivity index (χ4v) is 3.52. The van der Waals surface area contributed by atoms with Crippen LogP contribution in [0, 0.1) is 0 Å². The number of benzene rings is 2. The first-order valence-electron chi connectivity index (χ1n) is 5.36. The Kier molecular flexibility index (Phi) is 4.40. The summed E-state index contributed by atoms with van der Waals surface area (Å²) in [5, 5.41) is 0. The maximum atomic E-state index is 12.4. The molecule has 1 atom stereocenters. The molecule has 0 bridgehead atoms. The summed E-state index contributed by atoms with van der Waals surface area (Å²) in [4.78, 5) is 1.79. The van der Waals surface area contributed by atoms with E-state index in [0.717, 1.165) is 21.1 Å². The van der Waals surface area contributed by atoms with Gasteiger partial charge in [-0.3, -0.25) is 0 Å². The van der Waals surface area contributed by atoms with Crippen molar-refractivity contribution in [1.29, 1.82) is 0 Å². The van der Waals surface area contributed by atoms with E-state index in [1.807, 2.05) is 54.6 Å². The molecule has 3 heteroatoms. The highest BCUT2D eigenvalue weighted by Gasteiger charge is 2.10. The zero-order valence-corrected chi connectivity index (χ0v) is 11.3. The predicted molar refractivity (Wildman–Crippen MR) is 74.8 cm³/mol. The molecule has 1 unspecified atom stereocenters. The van der Waals surface area contributed by atoms with Crippen LogP contribution in [0.15, 0.2) is 64.4 Å². The molecule has 2 rings (SSSR count). The van der Waals surface area contributed by atoms with Gasteiger partial charge in [0.2, 0.25) is 0 Å². The van der Waals surface area contributed by atoms with Gasteiger partial charge in [-0.2, -0.15) is 11.8 Å². The Labute approximate surface area is 109 Å². The third kappa shape index (κ3) is 2.99. The minimum absolute atomic E-state index is 0.862. The molecule has 2 aromatic carbocycles. The van der Waals surface area contributed by atoms with Crippen molar-refractivity contribution >= 4 is 22.6 Å². The molecule has 88 valence electrons. The smallest absolute Gasteiger partial charge is 0.0852 e. The Morgan fingerprint density at radius 3 is 2.35 bits per heavy atom. The zero-order valence-electron chi connectivity index (χ0n) is 9.63. The lowest BCUT2D eigenvalue weighted by molar-refractivity contribution is 0.682. The molecular formula is C14H14OS2. The zero-order chi connectivity index (χ0) is 12.1. The van der Waals surface area contributed by atoms with Crippen LogP contribution >= 0.6 is 11.8 Å². The van der Waals surface area contributed by atoms with Gasteiger partial charge >= 0.3 is 0 Å². The molecular weight excluding hydrogens is 248 g/mol.